The second-order valence-corrected chi connectivity index (χ2v) is 13.4. The Morgan fingerprint density at radius 2 is 1.64 bits per heavy atom. The highest BCUT2D eigenvalue weighted by atomic mass is 35.5. The van der Waals surface area contributed by atoms with Crippen molar-refractivity contribution >= 4 is 39.1 Å². The molecular formula is C33H40ClN3O6S. The number of methoxy groups -OCH3 is 2. The molecule has 0 aliphatic heterocycles. The predicted molar refractivity (Wildman–Crippen MR) is 173 cm³/mol. The maximum atomic E-state index is 14.4. The number of hydrogen-bond acceptors (Lipinski definition) is 6. The first kappa shape index (κ1) is 33.1. The molecule has 9 nitrogen and oxygen atoms in total. The Balaban J connectivity index is 1.76. The lowest BCUT2D eigenvalue weighted by atomic mass is 9.94. The van der Waals surface area contributed by atoms with Crippen LogP contribution in [-0.2, 0) is 32.6 Å². The topological polar surface area (TPSA) is 105 Å². The van der Waals surface area contributed by atoms with Crippen LogP contribution in [0.1, 0.15) is 43.2 Å². The van der Waals surface area contributed by atoms with Crippen molar-refractivity contribution in [3.63, 3.8) is 0 Å². The summed E-state index contributed by atoms with van der Waals surface area (Å²) >= 11 is 6.24. The third kappa shape index (κ3) is 8.89. The molecule has 1 unspecified atom stereocenters. The van der Waals surface area contributed by atoms with Crippen molar-refractivity contribution in [1.29, 1.82) is 0 Å². The molecule has 1 saturated carbocycles. The van der Waals surface area contributed by atoms with E-state index < -0.39 is 28.5 Å². The van der Waals surface area contributed by atoms with Crippen LogP contribution in [0.15, 0.2) is 72.8 Å². The average molecular weight is 642 g/mol. The molecule has 1 fully saturated rings. The lowest BCUT2D eigenvalue weighted by Gasteiger charge is -2.35. The fourth-order valence-electron chi connectivity index (χ4n) is 5.52. The molecule has 0 aromatic heterocycles. The Morgan fingerprint density at radius 3 is 2.30 bits per heavy atom. The van der Waals surface area contributed by atoms with Crippen LogP contribution in [0.2, 0.25) is 5.02 Å². The van der Waals surface area contributed by atoms with Crippen molar-refractivity contribution in [2.24, 2.45) is 0 Å². The molecule has 2 amide bonds. The van der Waals surface area contributed by atoms with Crippen molar-refractivity contribution in [2.45, 2.75) is 57.2 Å². The summed E-state index contributed by atoms with van der Waals surface area (Å²) in [6.07, 6.45) is 6.22. The number of nitrogens with zero attached hydrogens (tertiary/aromatic N) is 2. The predicted octanol–water partition coefficient (Wildman–Crippen LogP) is 5.21. The van der Waals surface area contributed by atoms with Crippen molar-refractivity contribution < 1.29 is 27.5 Å². The van der Waals surface area contributed by atoms with Gasteiger partial charge in [-0.05, 0) is 54.3 Å². The number of carbonyl (C=O) groups excluding carboxylic acids is 2. The van der Waals surface area contributed by atoms with E-state index in [4.69, 9.17) is 21.1 Å². The van der Waals surface area contributed by atoms with E-state index in [1.54, 1.807) is 31.4 Å². The molecule has 11 heteroatoms. The Hall–Kier alpha value is -3.76. The number of halogens is 1. The van der Waals surface area contributed by atoms with Gasteiger partial charge in [0, 0.05) is 24.0 Å². The van der Waals surface area contributed by atoms with Crippen molar-refractivity contribution in [3.05, 3.63) is 88.9 Å². The molecule has 1 N–H and O–H groups in total. The first-order valence-electron chi connectivity index (χ1n) is 14.7. The monoisotopic (exact) mass is 641 g/mol. The number of nitrogens with one attached hydrogen (secondary N) is 1. The van der Waals surface area contributed by atoms with Gasteiger partial charge in [-0.3, -0.25) is 13.9 Å². The highest BCUT2D eigenvalue weighted by Gasteiger charge is 2.34. The van der Waals surface area contributed by atoms with E-state index in [1.807, 2.05) is 42.5 Å². The standard InChI is InChI=1S/C33H40ClN3O6S/c1-42-28-16-10-13-25(19-28)22-36(32(38)23-37(44(3,40)41)29-21-26(34)17-18-31(29)43-2)30(20-24-11-6-4-7-12-24)33(39)35-27-14-8-5-9-15-27/h4,6-7,10-13,16-19,21,27,30H,5,8-9,14-15,20,22-23H2,1-3H3,(H,35,39). The number of amides is 2. The summed E-state index contributed by atoms with van der Waals surface area (Å²) < 4.78 is 38.1. The van der Waals surface area contributed by atoms with E-state index in [2.05, 4.69) is 5.32 Å². The molecule has 1 aliphatic carbocycles. The number of benzene rings is 3. The second-order valence-electron chi connectivity index (χ2n) is 11.0. The third-order valence-corrected chi connectivity index (χ3v) is 9.16. The van der Waals surface area contributed by atoms with Gasteiger partial charge in [0.15, 0.2) is 0 Å². The molecule has 0 bridgehead atoms. The van der Waals surface area contributed by atoms with E-state index in [0.29, 0.717) is 5.75 Å². The Labute approximate surface area is 265 Å². The Kier molecular flexibility index (Phi) is 11.5. The zero-order chi connectivity index (χ0) is 31.7. The lowest BCUT2D eigenvalue weighted by Crippen LogP contribution is -2.55. The van der Waals surface area contributed by atoms with E-state index in [-0.39, 0.29) is 41.4 Å². The zero-order valence-corrected chi connectivity index (χ0v) is 26.9. The van der Waals surface area contributed by atoms with E-state index in [0.717, 1.165) is 53.8 Å². The van der Waals surface area contributed by atoms with Gasteiger partial charge in [0.2, 0.25) is 21.8 Å². The van der Waals surface area contributed by atoms with E-state index in [1.165, 1.54) is 18.1 Å². The van der Waals surface area contributed by atoms with Gasteiger partial charge in [-0.1, -0.05) is 73.3 Å². The van der Waals surface area contributed by atoms with Crippen molar-refractivity contribution in [2.75, 3.05) is 31.3 Å². The van der Waals surface area contributed by atoms with Crippen LogP contribution in [0.3, 0.4) is 0 Å². The molecule has 4 rings (SSSR count). The second kappa shape index (κ2) is 15.3. The fraction of sp³-hybridized carbons (Fsp3) is 0.394. The summed E-state index contributed by atoms with van der Waals surface area (Å²) in [7, 11) is -1.01. The van der Waals surface area contributed by atoms with Gasteiger partial charge in [0.05, 0.1) is 26.2 Å². The summed E-state index contributed by atoms with van der Waals surface area (Å²) in [6, 6.07) is 20.4. The van der Waals surface area contributed by atoms with Crippen LogP contribution < -0.4 is 19.1 Å². The molecule has 0 radical (unpaired) electrons. The number of hydrogen-bond donors (Lipinski definition) is 1. The minimum Gasteiger partial charge on any atom is -0.497 e. The maximum Gasteiger partial charge on any atom is 0.244 e. The quantitative estimate of drug-likeness (QED) is 0.275. The van der Waals surface area contributed by atoms with Crippen LogP contribution >= 0.6 is 11.6 Å². The molecule has 1 aliphatic rings. The first-order valence-corrected chi connectivity index (χ1v) is 16.9. The lowest BCUT2D eigenvalue weighted by molar-refractivity contribution is -0.140. The number of carbonyl (C=O) groups is 2. The molecule has 0 saturated heterocycles. The molecule has 3 aromatic carbocycles. The molecule has 44 heavy (non-hydrogen) atoms. The maximum absolute atomic E-state index is 14.4. The number of rotatable bonds is 13. The van der Waals surface area contributed by atoms with Gasteiger partial charge < -0.3 is 19.7 Å². The molecular weight excluding hydrogens is 602 g/mol. The average Bonchev–Trinajstić information content (AvgIpc) is 3.02. The summed E-state index contributed by atoms with van der Waals surface area (Å²) in [5.41, 5.74) is 1.73. The molecule has 3 aromatic rings. The van der Waals surface area contributed by atoms with Gasteiger partial charge >= 0.3 is 0 Å². The largest absolute Gasteiger partial charge is 0.497 e. The van der Waals surface area contributed by atoms with Crippen LogP contribution in [0.25, 0.3) is 0 Å². The highest BCUT2D eigenvalue weighted by Crippen LogP contribution is 2.33. The SMILES string of the molecule is COc1cccc(CN(C(=O)CN(c2cc(Cl)ccc2OC)S(C)(=O)=O)C(Cc2ccccc2)C(=O)NC2CCCCC2)c1. The van der Waals surface area contributed by atoms with Crippen molar-refractivity contribution in [1.82, 2.24) is 10.2 Å². The molecule has 0 heterocycles. The molecule has 1 atom stereocenters. The van der Waals surface area contributed by atoms with Crippen LogP contribution in [0, 0.1) is 0 Å². The van der Waals surface area contributed by atoms with E-state index >= 15 is 0 Å². The number of ether oxygens (including phenoxy) is 2. The van der Waals surface area contributed by atoms with Crippen LogP contribution in [0.5, 0.6) is 11.5 Å². The summed E-state index contributed by atoms with van der Waals surface area (Å²) in [5, 5.41) is 3.48. The zero-order valence-electron chi connectivity index (χ0n) is 25.4. The highest BCUT2D eigenvalue weighted by molar-refractivity contribution is 7.92. The van der Waals surface area contributed by atoms with E-state index in [9.17, 15) is 18.0 Å². The summed E-state index contributed by atoms with van der Waals surface area (Å²) in [4.78, 5) is 29.9. The molecule has 236 valence electrons. The van der Waals surface area contributed by atoms with Crippen molar-refractivity contribution in [3.8, 4) is 11.5 Å². The Bertz CT molecular complexity index is 1530. The minimum absolute atomic E-state index is 0.0199. The minimum atomic E-state index is -3.98. The third-order valence-electron chi connectivity index (χ3n) is 7.80. The van der Waals surface area contributed by atoms with Gasteiger partial charge in [0.25, 0.3) is 0 Å². The van der Waals surface area contributed by atoms with Gasteiger partial charge in [-0.25, -0.2) is 8.42 Å². The molecule has 0 spiro atoms. The Morgan fingerprint density at radius 1 is 0.932 bits per heavy atom. The van der Waals surface area contributed by atoms with Crippen LogP contribution in [0.4, 0.5) is 5.69 Å². The normalized spacial score (nSPS) is 14.4. The summed E-state index contributed by atoms with van der Waals surface area (Å²) in [6.45, 7) is -0.516. The smallest absolute Gasteiger partial charge is 0.244 e. The van der Waals surface area contributed by atoms with Gasteiger partial charge in [0.1, 0.15) is 24.1 Å². The summed E-state index contributed by atoms with van der Waals surface area (Å²) in [5.74, 6) is 0.00804. The number of anilines is 1. The van der Waals surface area contributed by atoms with Crippen LogP contribution in [-0.4, -0.2) is 64.2 Å². The number of sulfonamides is 1. The van der Waals surface area contributed by atoms with Gasteiger partial charge in [-0.2, -0.15) is 0 Å². The first-order chi connectivity index (χ1) is 21.1. The van der Waals surface area contributed by atoms with Gasteiger partial charge in [-0.15, -0.1) is 0 Å². The fourth-order valence-corrected chi connectivity index (χ4v) is 6.53.